The van der Waals surface area contributed by atoms with Gasteiger partial charge in [-0.2, -0.15) is 0 Å². The lowest BCUT2D eigenvalue weighted by atomic mass is 9.44. The summed E-state index contributed by atoms with van der Waals surface area (Å²) in [4.78, 5) is 0. The second-order valence-electron chi connectivity index (χ2n) is 14.3. The zero-order valence-electron chi connectivity index (χ0n) is 23.8. The van der Waals surface area contributed by atoms with Crippen molar-refractivity contribution in [1.82, 2.24) is 9.78 Å². The number of hydrogen-bond donors (Lipinski definition) is 1. The highest BCUT2D eigenvalue weighted by Crippen LogP contribution is 2.69. The van der Waals surface area contributed by atoms with Crippen molar-refractivity contribution in [1.29, 1.82) is 0 Å². The summed E-state index contributed by atoms with van der Waals surface area (Å²) >= 11 is 5.86. The Morgan fingerprint density at radius 1 is 1.03 bits per heavy atom. The summed E-state index contributed by atoms with van der Waals surface area (Å²) in [6.07, 6.45) is 15.9. The molecule has 0 radical (unpaired) electrons. The van der Waals surface area contributed by atoms with E-state index in [4.69, 9.17) is 18.8 Å². The minimum absolute atomic E-state index is 0.184. The number of H-pyrrole nitrogens is 1. The minimum atomic E-state index is -0.184. The molecule has 1 N–H and O–H groups in total. The maximum absolute atomic E-state index is 5.86. The van der Waals surface area contributed by atoms with Crippen LogP contribution in [0.1, 0.15) is 117 Å². The van der Waals surface area contributed by atoms with Crippen LogP contribution in [0.5, 0.6) is 0 Å². The molecule has 0 spiro atoms. The monoisotopic (exact) mass is 496 g/mol. The Bertz CT molecular complexity index is 1030. The standard InChI is InChI=1S/C32H52N2S/c1-9-10-23-15-17-31(7)24(19-23)11-12-25-27-14-13-26(32(27,8)18-16-28(25)31)21(3)30(5,6)34-29(35)20(2)22(4)33-34/h23-28,33H,3,9-19H2,1-2,4-8H3. The third kappa shape index (κ3) is 3.79. The summed E-state index contributed by atoms with van der Waals surface area (Å²) < 4.78 is 3.18. The van der Waals surface area contributed by atoms with Gasteiger partial charge in [-0.3, -0.25) is 4.68 Å². The second kappa shape index (κ2) is 8.88. The minimum Gasteiger partial charge on any atom is -0.301 e. The van der Waals surface area contributed by atoms with E-state index in [1.165, 1.54) is 87.5 Å². The topological polar surface area (TPSA) is 20.7 Å². The summed E-state index contributed by atoms with van der Waals surface area (Å²) in [6, 6.07) is 0. The molecule has 0 aliphatic heterocycles. The molecule has 0 saturated heterocycles. The van der Waals surface area contributed by atoms with Gasteiger partial charge in [-0.1, -0.05) is 52.4 Å². The largest absolute Gasteiger partial charge is 0.301 e. The molecule has 196 valence electrons. The van der Waals surface area contributed by atoms with Crippen molar-refractivity contribution in [2.75, 3.05) is 0 Å². The number of nitrogens with zero attached hydrogens (tertiary/aromatic N) is 1. The van der Waals surface area contributed by atoms with Gasteiger partial charge in [-0.15, -0.1) is 0 Å². The van der Waals surface area contributed by atoms with E-state index in [0.29, 0.717) is 16.7 Å². The van der Waals surface area contributed by atoms with Crippen molar-refractivity contribution in [3.63, 3.8) is 0 Å². The molecule has 35 heavy (non-hydrogen) atoms. The molecule has 8 atom stereocenters. The van der Waals surface area contributed by atoms with E-state index in [0.717, 1.165) is 34.2 Å². The van der Waals surface area contributed by atoms with Crippen LogP contribution in [-0.2, 0) is 5.54 Å². The van der Waals surface area contributed by atoms with Gasteiger partial charge in [0.25, 0.3) is 0 Å². The van der Waals surface area contributed by atoms with Crippen molar-refractivity contribution < 1.29 is 0 Å². The van der Waals surface area contributed by atoms with E-state index < -0.39 is 0 Å². The first-order valence-corrected chi connectivity index (χ1v) is 15.3. The Labute approximate surface area is 220 Å². The van der Waals surface area contributed by atoms with Crippen molar-refractivity contribution in [3.8, 4) is 0 Å². The number of nitrogens with one attached hydrogen (secondary N) is 1. The van der Waals surface area contributed by atoms with Gasteiger partial charge in [0.05, 0.1) is 5.54 Å². The summed E-state index contributed by atoms with van der Waals surface area (Å²) in [6.45, 7) is 21.5. The fourth-order valence-corrected chi connectivity index (χ4v) is 10.6. The third-order valence-electron chi connectivity index (χ3n) is 12.6. The van der Waals surface area contributed by atoms with Crippen LogP contribution in [0.4, 0.5) is 0 Å². The van der Waals surface area contributed by atoms with Crippen LogP contribution in [0.15, 0.2) is 12.2 Å². The predicted molar refractivity (Wildman–Crippen MR) is 151 cm³/mol. The molecule has 1 aromatic heterocycles. The zero-order chi connectivity index (χ0) is 25.3. The molecule has 1 heterocycles. The normalized spacial score (nSPS) is 41.2. The predicted octanol–water partition coefficient (Wildman–Crippen LogP) is 9.53. The van der Waals surface area contributed by atoms with Crippen LogP contribution >= 0.6 is 12.2 Å². The molecule has 0 aromatic carbocycles. The van der Waals surface area contributed by atoms with Crippen LogP contribution < -0.4 is 0 Å². The molecule has 3 heteroatoms. The molecule has 0 amide bonds. The first-order chi connectivity index (χ1) is 16.4. The number of aromatic nitrogens is 2. The lowest BCUT2D eigenvalue weighted by Crippen LogP contribution is -2.53. The van der Waals surface area contributed by atoms with Gasteiger partial charge in [0, 0.05) is 11.3 Å². The van der Waals surface area contributed by atoms with E-state index >= 15 is 0 Å². The van der Waals surface area contributed by atoms with Crippen LogP contribution in [0.25, 0.3) is 0 Å². The smallest absolute Gasteiger partial charge is 0.126 e. The average Bonchev–Trinajstić information content (AvgIpc) is 3.30. The second-order valence-corrected chi connectivity index (χ2v) is 14.7. The van der Waals surface area contributed by atoms with Gasteiger partial charge in [0.1, 0.15) is 4.64 Å². The van der Waals surface area contributed by atoms with Crippen LogP contribution in [0, 0.1) is 64.8 Å². The Hall–Kier alpha value is -0.830. The number of allylic oxidation sites excluding steroid dienone is 1. The first kappa shape index (κ1) is 25.8. The van der Waals surface area contributed by atoms with Crippen molar-refractivity contribution in [2.45, 2.75) is 125 Å². The molecule has 4 fully saturated rings. The SMILES string of the molecule is C=C(C1CCC2C3CCC4CC(CCC)CCC4(C)C3CCC12C)C(C)(C)n1[nH]c(C)c(C)c1=S. The van der Waals surface area contributed by atoms with E-state index in [2.05, 4.69) is 58.2 Å². The summed E-state index contributed by atoms with van der Waals surface area (Å²) in [5.74, 6) is 5.38. The van der Waals surface area contributed by atoms with Crippen molar-refractivity contribution in [3.05, 3.63) is 28.1 Å². The lowest BCUT2D eigenvalue weighted by molar-refractivity contribution is -0.117. The number of hydrogen-bond acceptors (Lipinski definition) is 1. The highest BCUT2D eigenvalue weighted by molar-refractivity contribution is 7.71. The molecule has 4 saturated carbocycles. The van der Waals surface area contributed by atoms with Crippen molar-refractivity contribution in [2.24, 2.45) is 46.3 Å². The van der Waals surface area contributed by atoms with Gasteiger partial charge >= 0.3 is 0 Å². The molecular weight excluding hydrogens is 444 g/mol. The number of rotatable bonds is 5. The summed E-state index contributed by atoms with van der Waals surface area (Å²) in [5.41, 5.74) is 4.61. The van der Waals surface area contributed by atoms with E-state index in [1.54, 1.807) is 0 Å². The molecule has 2 nitrogen and oxygen atoms in total. The average molecular weight is 497 g/mol. The van der Waals surface area contributed by atoms with Gasteiger partial charge < -0.3 is 5.10 Å². The number of aryl methyl sites for hydroxylation is 1. The fourth-order valence-electron chi connectivity index (χ4n) is 10.2. The van der Waals surface area contributed by atoms with E-state index in [-0.39, 0.29) is 5.54 Å². The van der Waals surface area contributed by atoms with E-state index in [1.807, 2.05) is 0 Å². The van der Waals surface area contributed by atoms with Crippen LogP contribution in [0.3, 0.4) is 0 Å². The highest BCUT2D eigenvalue weighted by atomic mass is 32.1. The quantitative estimate of drug-likeness (QED) is 0.318. The van der Waals surface area contributed by atoms with Gasteiger partial charge in [-0.05, 0) is 137 Å². The first-order valence-electron chi connectivity index (χ1n) is 14.9. The maximum Gasteiger partial charge on any atom is 0.126 e. The summed E-state index contributed by atoms with van der Waals surface area (Å²) in [7, 11) is 0. The molecular formula is C32H52N2S. The molecule has 1 aromatic rings. The fraction of sp³-hybridized carbons (Fsp3) is 0.844. The Kier molecular flexibility index (Phi) is 6.55. The van der Waals surface area contributed by atoms with Gasteiger partial charge in [0.15, 0.2) is 0 Å². The summed E-state index contributed by atoms with van der Waals surface area (Å²) in [5, 5.41) is 3.59. The van der Waals surface area contributed by atoms with Crippen molar-refractivity contribution >= 4 is 12.2 Å². The van der Waals surface area contributed by atoms with Crippen LogP contribution in [-0.4, -0.2) is 9.78 Å². The third-order valence-corrected chi connectivity index (χ3v) is 13.1. The Morgan fingerprint density at radius 2 is 1.71 bits per heavy atom. The lowest BCUT2D eigenvalue weighted by Gasteiger charge is -2.61. The zero-order valence-corrected chi connectivity index (χ0v) is 24.6. The molecule has 4 aliphatic carbocycles. The van der Waals surface area contributed by atoms with E-state index in [9.17, 15) is 0 Å². The molecule has 4 aliphatic rings. The van der Waals surface area contributed by atoms with Crippen LogP contribution in [0.2, 0.25) is 0 Å². The van der Waals surface area contributed by atoms with Gasteiger partial charge in [-0.25, -0.2) is 0 Å². The number of aromatic amines is 1. The number of fused-ring (bicyclic) bond motifs is 5. The Balaban J connectivity index is 1.38. The highest BCUT2D eigenvalue weighted by Gasteiger charge is 2.61. The van der Waals surface area contributed by atoms with Gasteiger partial charge in [0.2, 0.25) is 0 Å². The molecule has 8 unspecified atom stereocenters. The maximum atomic E-state index is 5.86. The molecule has 0 bridgehead atoms. The molecule has 5 rings (SSSR count). The Morgan fingerprint density at radius 3 is 2.37 bits per heavy atom.